The van der Waals surface area contributed by atoms with Crippen molar-refractivity contribution < 1.29 is 24.3 Å². The molecule has 28 heavy (non-hydrogen) atoms. The van der Waals surface area contributed by atoms with Crippen molar-refractivity contribution in [2.75, 3.05) is 5.75 Å². The number of carboxylic acids is 1. The summed E-state index contributed by atoms with van der Waals surface area (Å²) < 4.78 is 0. The molecule has 0 aromatic heterocycles. The Balaban J connectivity index is 5.21. The summed E-state index contributed by atoms with van der Waals surface area (Å²) in [6.45, 7) is 8.78. The second-order valence-electron chi connectivity index (χ2n) is 7.10. The van der Waals surface area contributed by atoms with E-state index in [4.69, 9.17) is 10.8 Å². The van der Waals surface area contributed by atoms with Crippen molar-refractivity contribution in [2.45, 2.75) is 71.6 Å². The maximum Gasteiger partial charge on any atom is 0.325 e. The number of nitrogens with one attached hydrogen (secondary N) is 3. The van der Waals surface area contributed by atoms with Crippen molar-refractivity contribution in [3.63, 3.8) is 0 Å². The second kappa shape index (κ2) is 12.6. The Bertz CT molecular complexity index is 560. The summed E-state index contributed by atoms with van der Waals surface area (Å²) in [5.74, 6) is -3.11. The van der Waals surface area contributed by atoms with E-state index >= 15 is 0 Å². The molecule has 0 spiro atoms. The van der Waals surface area contributed by atoms with Crippen molar-refractivity contribution in [1.82, 2.24) is 16.0 Å². The quantitative estimate of drug-likeness (QED) is 0.244. The van der Waals surface area contributed by atoms with Gasteiger partial charge in [0.25, 0.3) is 0 Å². The molecule has 162 valence electrons. The molecule has 6 N–H and O–H groups in total. The predicted octanol–water partition coefficient (Wildman–Crippen LogP) is -0.105. The van der Waals surface area contributed by atoms with Crippen LogP contribution in [0.2, 0.25) is 0 Å². The average Bonchev–Trinajstić information content (AvgIpc) is 2.67. The SMILES string of the molecule is CCC(C)C(N)C(=O)NC(C(=O)NC(CS)C(=O)NC(C)C(=O)O)C(C)CC. The summed E-state index contributed by atoms with van der Waals surface area (Å²) in [5, 5.41) is 16.4. The zero-order valence-electron chi connectivity index (χ0n) is 17.2. The second-order valence-corrected chi connectivity index (χ2v) is 7.46. The number of hydrogen-bond donors (Lipinski definition) is 6. The smallest absolute Gasteiger partial charge is 0.325 e. The number of rotatable bonds is 12. The first-order valence-electron chi connectivity index (χ1n) is 9.50. The molecule has 0 aliphatic carbocycles. The summed E-state index contributed by atoms with van der Waals surface area (Å²) >= 11 is 4.06. The fourth-order valence-corrected chi connectivity index (χ4v) is 2.55. The van der Waals surface area contributed by atoms with Gasteiger partial charge in [-0.3, -0.25) is 19.2 Å². The van der Waals surface area contributed by atoms with Gasteiger partial charge in [0.15, 0.2) is 0 Å². The molecular formula is C18H34N4O5S. The lowest BCUT2D eigenvalue weighted by molar-refractivity contribution is -0.141. The third kappa shape index (κ3) is 8.05. The lowest BCUT2D eigenvalue weighted by Gasteiger charge is -2.28. The summed E-state index contributed by atoms with van der Waals surface area (Å²) in [6, 6.07) is -3.76. The highest BCUT2D eigenvalue weighted by atomic mass is 32.1. The van der Waals surface area contributed by atoms with Crippen molar-refractivity contribution >= 4 is 36.3 Å². The highest BCUT2D eigenvalue weighted by Crippen LogP contribution is 2.11. The third-order valence-corrected chi connectivity index (χ3v) is 5.26. The Labute approximate surface area is 172 Å². The fraction of sp³-hybridized carbons (Fsp3) is 0.778. The van der Waals surface area contributed by atoms with E-state index < -0.39 is 47.9 Å². The van der Waals surface area contributed by atoms with Gasteiger partial charge in [0.05, 0.1) is 6.04 Å². The summed E-state index contributed by atoms with van der Waals surface area (Å²) in [6.07, 6.45) is 1.34. The molecule has 0 aliphatic heterocycles. The standard InChI is InChI=1S/C18H34N4O5S/c1-6-9(3)13(19)16(24)22-14(10(4)7-2)17(25)21-12(8-28)15(23)20-11(5)18(26)27/h9-14,28H,6-8,19H2,1-5H3,(H,20,23)(H,21,25)(H,22,24)(H,26,27). The number of hydrogen-bond acceptors (Lipinski definition) is 6. The molecular weight excluding hydrogens is 384 g/mol. The van der Waals surface area contributed by atoms with Crippen LogP contribution in [0.5, 0.6) is 0 Å². The van der Waals surface area contributed by atoms with Crippen LogP contribution in [0.15, 0.2) is 0 Å². The van der Waals surface area contributed by atoms with Gasteiger partial charge >= 0.3 is 5.97 Å². The molecule has 3 amide bonds. The number of carbonyl (C=O) groups is 4. The van der Waals surface area contributed by atoms with Gasteiger partial charge in [-0.15, -0.1) is 0 Å². The molecule has 6 atom stereocenters. The van der Waals surface area contributed by atoms with Crippen molar-refractivity contribution in [1.29, 1.82) is 0 Å². The van der Waals surface area contributed by atoms with Crippen LogP contribution in [0.4, 0.5) is 0 Å². The lowest BCUT2D eigenvalue weighted by atomic mass is 9.95. The normalized spacial score (nSPS) is 17.4. The minimum Gasteiger partial charge on any atom is -0.480 e. The predicted molar refractivity (Wildman–Crippen MR) is 110 cm³/mol. The van der Waals surface area contributed by atoms with Crippen molar-refractivity contribution in [3.05, 3.63) is 0 Å². The molecule has 0 radical (unpaired) electrons. The van der Waals surface area contributed by atoms with Gasteiger partial charge in [0.1, 0.15) is 18.1 Å². The molecule has 0 aliphatic rings. The Kier molecular flexibility index (Phi) is 11.8. The molecule has 0 aromatic rings. The monoisotopic (exact) mass is 418 g/mol. The van der Waals surface area contributed by atoms with E-state index in [0.29, 0.717) is 6.42 Å². The molecule has 0 saturated heterocycles. The molecule has 9 nitrogen and oxygen atoms in total. The van der Waals surface area contributed by atoms with Crippen LogP contribution in [0, 0.1) is 11.8 Å². The minimum absolute atomic E-state index is 0.0303. The van der Waals surface area contributed by atoms with E-state index in [1.165, 1.54) is 6.92 Å². The Hall–Kier alpha value is -1.81. The zero-order chi connectivity index (χ0) is 22.0. The minimum atomic E-state index is -1.19. The maximum absolute atomic E-state index is 12.7. The molecule has 0 heterocycles. The van der Waals surface area contributed by atoms with Crippen molar-refractivity contribution in [3.8, 4) is 0 Å². The number of thiol groups is 1. The van der Waals surface area contributed by atoms with E-state index in [2.05, 4.69) is 28.6 Å². The first-order valence-corrected chi connectivity index (χ1v) is 10.1. The van der Waals surface area contributed by atoms with Gasteiger partial charge in [-0.05, 0) is 18.8 Å². The van der Waals surface area contributed by atoms with E-state index in [0.717, 1.165) is 6.42 Å². The maximum atomic E-state index is 12.7. The highest BCUT2D eigenvalue weighted by molar-refractivity contribution is 7.80. The zero-order valence-corrected chi connectivity index (χ0v) is 18.1. The first kappa shape index (κ1) is 26.2. The Morgan fingerprint density at radius 1 is 0.893 bits per heavy atom. The number of nitrogens with two attached hydrogens (primary N) is 1. The van der Waals surface area contributed by atoms with E-state index in [1.807, 2.05) is 27.7 Å². The number of carboxylic acid groups (broad SMARTS) is 1. The van der Waals surface area contributed by atoms with E-state index in [9.17, 15) is 19.2 Å². The summed E-state index contributed by atoms with van der Waals surface area (Å²) in [7, 11) is 0. The van der Waals surface area contributed by atoms with Gasteiger partial charge in [0, 0.05) is 5.75 Å². The fourth-order valence-electron chi connectivity index (χ4n) is 2.30. The average molecular weight is 419 g/mol. The molecule has 0 fully saturated rings. The third-order valence-electron chi connectivity index (χ3n) is 4.90. The first-order chi connectivity index (χ1) is 13.0. The van der Waals surface area contributed by atoms with Crippen LogP contribution in [0.25, 0.3) is 0 Å². The number of amides is 3. The van der Waals surface area contributed by atoms with E-state index in [1.54, 1.807) is 0 Å². The molecule has 0 saturated carbocycles. The van der Waals surface area contributed by atoms with Crippen LogP contribution in [-0.4, -0.2) is 58.7 Å². The van der Waals surface area contributed by atoms with Gasteiger partial charge < -0.3 is 26.8 Å². The van der Waals surface area contributed by atoms with Crippen LogP contribution < -0.4 is 21.7 Å². The van der Waals surface area contributed by atoms with Crippen LogP contribution in [0.3, 0.4) is 0 Å². The van der Waals surface area contributed by atoms with Gasteiger partial charge in [-0.1, -0.05) is 40.5 Å². The number of aliphatic carboxylic acids is 1. The van der Waals surface area contributed by atoms with E-state index in [-0.39, 0.29) is 17.6 Å². The number of carbonyl (C=O) groups excluding carboxylic acids is 3. The largest absolute Gasteiger partial charge is 0.480 e. The lowest BCUT2D eigenvalue weighted by Crippen LogP contribution is -2.59. The summed E-state index contributed by atoms with van der Waals surface area (Å²) in [4.78, 5) is 48.2. The molecule has 0 aromatic carbocycles. The van der Waals surface area contributed by atoms with Crippen LogP contribution in [0.1, 0.15) is 47.5 Å². The van der Waals surface area contributed by atoms with Gasteiger partial charge in [-0.2, -0.15) is 12.6 Å². The highest BCUT2D eigenvalue weighted by Gasteiger charge is 2.32. The Morgan fingerprint density at radius 2 is 1.43 bits per heavy atom. The van der Waals surface area contributed by atoms with Gasteiger partial charge in [-0.25, -0.2) is 0 Å². The van der Waals surface area contributed by atoms with Crippen molar-refractivity contribution in [2.24, 2.45) is 17.6 Å². The Morgan fingerprint density at radius 3 is 1.86 bits per heavy atom. The molecule has 0 bridgehead atoms. The summed E-state index contributed by atoms with van der Waals surface area (Å²) in [5.41, 5.74) is 5.94. The van der Waals surface area contributed by atoms with Crippen LogP contribution in [-0.2, 0) is 19.2 Å². The molecule has 0 rings (SSSR count). The molecule has 10 heteroatoms. The van der Waals surface area contributed by atoms with Gasteiger partial charge in [0.2, 0.25) is 17.7 Å². The molecule has 6 unspecified atom stereocenters. The topological polar surface area (TPSA) is 151 Å². The van der Waals surface area contributed by atoms with Crippen LogP contribution >= 0.6 is 12.6 Å².